The third-order valence-corrected chi connectivity index (χ3v) is 3.35. The normalized spacial score (nSPS) is 15.2. The third-order valence-electron chi connectivity index (χ3n) is 3.35. The van der Waals surface area contributed by atoms with Crippen LogP contribution in [0.5, 0.6) is 0 Å². The monoisotopic (exact) mass is 280 g/mol. The smallest absolute Gasteiger partial charge is 0.409 e. The Morgan fingerprint density at radius 1 is 1.15 bits per heavy atom. The Bertz CT molecular complexity index is 525. The Morgan fingerprint density at radius 3 is 2.35 bits per heavy atom. The highest BCUT2D eigenvalue weighted by Crippen LogP contribution is 2.14. The van der Waals surface area contributed by atoms with E-state index in [1.165, 1.54) is 18.1 Å². The first-order valence-corrected chi connectivity index (χ1v) is 6.41. The first kappa shape index (κ1) is 14.3. The van der Waals surface area contributed by atoms with Crippen molar-refractivity contribution < 1.29 is 18.7 Å². The average Bonchev–Trinajstić information content (AvgIpc) is 2.48. The molecule has 2 amide bonds. The number of carbonyl (C=O) groups is 2. The van der Waals surface area contributed by atoms with Crippen molar-refractivity contribution >= 4 is 12.0 Å². The highest BCUT2D eigenvalue weighted by molar-refractivity contribution is 5.94. The molecule has 6 heteroatoms. The van der Waals surface area contributed by atoms with E-state index in [0.717, 1.165) is 5.56 Å². The maximum Gasteiger partial charge on any atom is 0.409 e. The van der Waals surface area contributed by atoms with Crippen LogP contribution in [-0.2, 0) is 4.74 Å². The molecule has 0 unspecified atom stereocenters. The predicted octanol–water partition coefficient (Wildman–Crippen LogP) is 1.66. The number of hydrogen-bond acceptors (Lipinski definition) is 3. The summed E-state index contributed by atoms with van der Waals surface area (Å²) in [6, 6.07) is 4.47. The van der Waals surface area contributed by atoms with Crippen LogP contribution in [0.15, 0.2) is 18.2 Å². The molecule has 1 heterocycles. The van der Waals surface area contributed by atoms with Gasteiger partial charge in [-0.15, -0.1) is 0 Å². The second-order valence-corrected chi connectivity index (χ2v) is 4.73. The topological polar surface area (TPSA) is 49.9 Å². The number of nitrogens with zero attached hydrogens (tertiary/aromatic N) is 2. The number of piperazine rings is 1. The highest BCUT2D eigenvalue weighted by atomic mass is 19.1. The fraction of sp³-hybridized carbons (Fsp3) is 0.429. The molecule has 0 bridgehead atoms. The number of halogens is 1. The second kappa shape index (κ2) is 5.90. The van der Waals surface area contributed by atoms with Gasteiger partial charge in [0.15, 0.2) is 0 Å². The highest BCUT2D eigenvalue weighted by Gasteiger charge is 2.26. The number of benzene rings is 1. The first-order chi connectivity index (χ1) is 9.52. The lowest BCUT2D eigenvalue weighted by Gasteiger charge is -2.33. The predicted molar refractivity (Wildman–Crippen MR) is 71.0 cm³/mol. The molecule has 1 aromatic carbocycles. The van der Waals surface area contributed by atoms with Crippen LogP contribution in [0.2, 0.25) is 0 Å². The number of carbonyl (C=O) groups excluding carboxylic acids is 2. The molecule has 2 rings (SSSR count). The largest absolute Gasteiger partial charge is 0.453 e. The summed E-state index contributed by atoms with van der Waals surface area (Å²) in [7, 11) is 1.32. The molecule has 0 atom stereocenters. The zero-order valence-electron chi connectivity index (χ0n) is 11.6. The lowest BCUT2D eigenvalue weighted by atomic mass is 10.1. The molecule has 20 heavy (non-hydrogen) atoms. The molecule has 0 aliphatic carbocycles. The van der Waals surface area contributed by atoms with E-state index < -0.39 is 11.9 Å². The van der Waals surface area contributed by atoms with E-state index in [-0.39, 0.29) is 11.5 Å². The third kappa shape index (κ3) is 2.89. The van der Waals surface area contributed by atoms with E-state index in [2.05, 4.69) is 4.74 Å². The standard InChI is InChI=1S/C14H17FN2O3/c1-10-3-4-12(15)11(9-10)13(18)16-5-7-17(8-6-16)14(19)20-2/h3-4,9H,5-8H2,1-2H3. The number of hydrogen-bond donors (Lipinski definition) is 0. The van der Waals surface area contributed by atoms with Gasteiger partial charge in [-0.05, 0) is 19.1 Å². The van der Waals surface area contributed by atoms with Gasteiger partial charge in [0.1, 0.15) is 5.82 Å². The van der Waals surface area contributed by atoms with Crippen molar-refractivity contribution in [2.75, 3.05) is 33.3 Å². The Balaban J connectivity index is 2.05. The fourth-order valence-corrected chi connectivity index (χ4v) is 2.19. The van der Waals surface area contributed by atoms with E-state index >= 15 is 0 Å². The molecule has 5 nitrogen and oxygen atoms in total. The minimum absolute atomic E-state index is 0.0801. The number of amides is 2. The molecule has 0 aromatic heterocycles. The van der Waals surface area contributed by atoms with Gasteiger partial charge in [-0.2, -0.15) is 0 Å². The molecule has 1 aromatic rings. The Morgan fingerprint density at radius 2 is 1.75 bits per heavy atom. The van der Waals surface area contributed by atoms with Crippen LogP contribution in [0.25, 0.3) is 0 Å². The molecule has 0 saturated carbocycles. The van der Waals surface area contributed by atoms with Crippen molar-refractivity contribution in [3.63, 3.8) is 0 Å². The number of rotatable bonds is 1. The molecule has 0 radical (unpaired) electrons. The van der Waals surface area contributed by atoms with Crippen molar-refractivity contribution in [3.05, 3.63) is 35.1 Å². The minimum atomic E-state index is -0.518. The minimum Gasteiger partial charge on any atom is -0.453 e. The number of aryl methyl sites for hydroxylation is 1. The van der Waals surface area contributed by atoms with Gasteiger partial charge in [0.05, 0.1) is 12.7 Å². The lowest BCUT2D eigenvalue weighted by molar-refractivity contribution is 0.0595. The molecule has 0 N–H and O–H groups in total. The SMILES string of the molecule is COC(=O)N1CCN(C(=O)c2cc(C)ccc2F)CC1. The second-order valence-electron chi connectivity index (χ2n) is 4.73. The molecular formula is C14H17FN2O3. The van der Waals surface area contributed by atoms with Crippen LogP contribution in [0.4, 0.5) is 9.18 Å². The zero-order valence-corrected chi connectivity index (χ0v) is 11.6. The molecule has 0 spiro atoms. The van der Waals surface area contributed by atoms with E-state index in [4.69, 9.17) is 0 Å². The maximum absolute atomic E-state index is 13.7. The summed E-state index contributed by atoms with van der Waals surface area (Å²) in [6.45, 7) is 3.35. The van der Waals surface area contributed by atoms with Crippen LogP contribution in [0.1, 0.15) is 15.9 Å². The molecular weight excluding hydrogens is 263 g/mol. The quantitative estimate of drug-likeness (QED) is 0.786. The van der Waals surface area contributed by atoms with Gasteiger partial charge in [0, 0.05) is 26.2 Å². The van der Waals surface area contributed by atoms with Crippen molar-refractivity contribution in [1.82, 2.24) is 9.80 Å². The van der Waals surface area contributed by atoms with E-state index in [1.807, 2.05) is 6.92 Å². The molecule has 1 aliphatic heterocycles. The van der Waals surface area contributed by atoms with Crippen molar-refractivity contribution in [1.29, 1.82) is 0 Å². The van der Waals surface area contributed by atoms with Crippen LogP contribution in [-0.4, -0.2) is 55.1 Å². The first-order valence-electron chi connectivity index (χ1n) is 6.41. The zero-order chi connectivity index (χ0) is 14.7. The van der Waals surface area contributed by atoms with E-state index in [0.29, 0.717) is 26.2 Å². The van der Waals surface area contributed by atoms with Gasteiger partial charge in [0.25, 0.3) is 5.91 Å². The Kier molecular flexibility index (Phi) is 4.22. The van der Waals surface area contributed by atoms with Gasteiger partial charge in [0.2, 0.25) is 0 Å². The molecule has 1 fully saturated rings. The summed E-state index contributed by atoms with van der Waals surface area (Å²) in [5.74, 6) is -0.855. The van der Waals surface area contributed by atoms with Gasteiger partial charge < -0.3 is 14.5 Å². The van der Waals surface area contributed by atoms with E-state index in [9.17, 15) is 14.0 Å². The van der Waals surface area contributed by atoms with Gasteiger partial charge in [-0.1, -0.05) is 11.6 Å². The van der Waals surface area contributed by atoms with Crippen LogP contribution >= 0.6 is 0 Å². The van der Waals surface area contributed by atoms with Crippen LogP contribution in [0, 0.1) is 12.7 Å². The number of methoxy groups -OCH3 is 1. The van der Waals surface area contributed by atoms with Gasteiger partial charge in [-0.25, -0.2) is 9.18 Å². The van der Waals surface area contributed by atoms with Crippen LogP contribution in [0.3, 0.4) is 0 Å². The maximum atomic E-state index is 13.7. The number of ether oxygens (including phenoxy) is 1. The van der Waals surface area contributed by atoms with Crippen molar-refractivity contribution in [3.8, 4) is 0 Å². The van der Waals surface area contributed by atoms with Crippen LogP contribution < -0.4 is 0 Å². The Hall–Kier alpha value is -2.11. The molecule has 108 valence electrons. The van der Waals surface area contributed by atoms with E-state index in [1.54, 1.807) is 17.0 Å². The fourth-order valence-electron chi connectivity index (χ4n) is 2.19. The Labute approximate surface area is 116 Å². The summed E-state index contributed by atoms with van der Waals surface area (Å²) in [6.07, 6.45) is -0.404. The summed E-state index contributed by atoms with van der Waals surface area (Å²) in [4.78, 5) is 26.7. The van der Waals surface area contributed by atoms with Crippen molar-refractivity contribution in [2.45, 2.75) is 6.92 Å². The molecule has 1 aliphatic rings. The van der Waals surface area contributed by atoms with Gasteiger partial charge in [-0.3, -0.25) is 4.79 Å². The summed E-state index contributed by atoms with van der Waals surface area (Å²) in [5.41, 5.74) is 0.916. The summed E-state index contributed by atoms with van der Waals surface area (Å²) in [5, 5.41) is 0. The summed E-state index contributed by atoms with van der Waals surface area (Å²) >= 11 is 0. The molecule has 1 saturated heterocycles. The van der Waals surface area contributed by atoms with Crippen molar-refractivity contribution in [2.24, 2.45) is 0 Å². The lowest BCUT2D eigenvalue weighted by Crippen LogP contribution is -2.50. The summed E-state index contributed by atoms with van der Waals surface area (Å²) < 4.78 is 18.3. The van der Waals surface area contributed by atoms with Gasteiger partial charge >= 0.3 is 6.09 Å². The average molecular weight is 280 g/mol.